The van der Waals surface area contributed by atoms with Gasteiger partial charge in [-0.3, -0.25) is 9.36 Å². The van der Waals surface area contributed by atoms with Gasteiger partial charge >= 0.3 is 12.1 Å². The maximum Gasteiger partial charge on any atom is 0.416 e. The molecule has 1 N–H and O–H groups in total. The molecule has 1 aliphatic rings. The third-order valence-electron chi connectivity index (χ3n) is 4.97. The van der Waals surface area contributed by atoms with E-state index in [-0.39, 0.29) is 34.8 Å². The molecule has 0 saturated heterocycles. The molecule has 2 heterocycles. The van der Waals surface area contributed by atoms with E-state index in [1.165, 1.54) is 28.8 Å². The first-order valence-electron chi connectivity index (χ1n) is 9.21. The number of aromatic nitrogens is 1. The lowest BCUT2D eigenvalue weighted by atomic mass is 10.0. The Morgan fingerprint density at radius 1 is 1.29 bits per heavy atom. The van der Waals surface area contributed by atoms with Crippen LogP contribution in [0.15, 0.2) is 41.2 Å². The van der Waals surface area contributed by atoms with Gasteiger partial charge in [-0.05, 0) is 30.7 Å². The van der Waals surface area contributed by atoms with E-state index in [0.717, 1.165) is 12.1 Å². The van der Waals surface area contributed by atoms with Crippen LogP contribution in [0.5, 0.6) is 11.5 Å². The molecule has 0 spiro atoms. The molecule has 0 saturated carbocycles. The number of aromatic hydroxyl groups is 1. The number of alkyl halides is 3. The van der Waals surface area contributed by atoms with E-state index in [1.54, 1.807) is 6.92 Å². The van der Waals surface area contributed by atoms with Gasteiger partial charge in [0.2, 0.25) is 0 Å². The lowest BCUT2D eigenvalue weighted by Crippen LogP contribution is -2.33. The van der Waals surface area contributed by atoms with Gasteiger partial charge < -0.3 is 14.6 Å². The summed E-state index contributed by atoms with van der Waals surface area (Å²) in [5, 5.41) is 10.9. The molecule has 1 aromatic heterocycles. The zero-order valence-corrected chi connectivity index (χ0v) is 16.8. The fourth-order valence-corrected chi connectivity index (χ4v) is 3.78. The molecule has 0 radical (unpaired) electrons. The molecule has 0 fully saturated rings. The maximum atomic E-state index is 13.0. The van der Waals surface area contributed by atoms with Gasteiger partial charge in [-0.15, -0.1) is 0 Å². The van der Waals surface area contributed by atoms with E-state index in [1.807, 2.05) is 0 Å². The first kappa shape index (κ1) is 21.0. The van der Waals surface area contributed by atoms with E-state index in [4.69, 9.17) is 21.1 Å². The van der Waals surface area contributed by atoms with E-state index in [2.05, 4.69) is 0 Å². The Kier molecular flexibility index (Phi) is 5.09. The van der Waals surface area contributed by atoms with Crippen molar-refractivity contribution in [1.29, 1.82) is 0 Å². The molecular weight excluding hydrogens is 439 g/mol. The van der Waals surface area contributed by atoms with Crippen LogP contribution in [0.4, 0.5) is 13.2 Å². The SMILES string of the molecule is CCOC(=O)c1c(O)c2cc(Cl)cc3c2n(c1=O)CC(c1ccc(C(F)(F)F)cc1)O3. The highest BCUT2D eigenvalue weighted by atomic mass is 35.5. The van der Waals surface area contributed by atoms with Crippen molar-refractivity contribution in [2.75, 3.05) is 6.61 Å². The van der Waals surface area contributed by atoms with Crippen molar-refractivity contribution in [3.05, 3.63) is 68.5 Å². The number of benzene rings is 2. The number of rotatable bonds is 3. The Labute approximate surface area is 178 Å². The summed E-state index contributed by atoms with van der Waals surface area (Å²) in [7, 11) is 0. The number of halogens is 4. The average molecular weight is 454 g/mol. The standard InChI is InChI=1S/C21H15ClF3NO5/c1-2-30-20(29)16-18(27)13-7-12(22)8-14-17(13)26(19(16)28)9-15(31-14)10-3-5-11(6-4-10)21(23,24)25/h3-8,15,27H,2,9H2,1H3. The Morgan fingerprint density at radius 2 is 1.97 bits per heavy atom. The van der Waals surface area contributed by atoms with Gasteiger partial charge in [0, 0.05) is 16.5 Å². The van der Waals surface area contributed by atoms with Crippen molar-refractivity contribution in [1.82, 2.24) is 4.57 Å². The van der Waals surface area contributed by atoms with Crippen LogP contribution in [-0.2, 0) is 17.5 Å². The number of nitrogens with zero attached hydrogens (tertiary/aromatic N) is 1. The van der Waals surface area contributed by atoms with Crippen LogP contribution in [0.2, 0.25) is 5.02 Å². The van der Waals surface area contributed by atoms with Crippen molar-refractivity contribution in [3.8, 4) is 11.5 Å². The molecule has 0 aliphatic carbocycles. The van der Waals surface area contributed by atoms with Gasteiger partial charge in [0.1, 0.15) is 17.6 Å². The molecule has 10 heteroatoms. The second-order valence-corrected chi connectivity index (χ2v) is 7.32. The van der Waals surface area contributed by atoms with E-state index in [9.17, 15) is 27.9 Å². The zero-order valence-electron chi connectivity index (χ0n) is 16.0. The Hall–Kier alpha value is -3.20. The van der Waals surface area contributed by atoms with Crippen molar-refractivity contribution < 1.29 is 32.5 Å². The van der Waals surface area contributed by atoms with Crippen LogP contribution in [0.25, 0.3) is 10.9 Å². The molecule has 1 aliphatic heterocycles. The van der Waals surface area contributed by atoms with Crippen LogP contribution in [0, 0.1) is 0 Å². The van der Waals surface area contributed by atoms with Crippen LogP contribution in [0.1, 0.15) is 34.5 Å². The normalized spacial score (nSPS) is 15.6. The Bertz CT molecular complexity index is 1250. The topological polar surface area (TPSA) is 77.8 Å². The largest absolute Gasteiger partial charge is 0.506 e. The number of pyridine rings is 1. The first-order valence-corrected chi connectivity index (χ1v) is 9.59. The quantitative estimate of drug-likeness (QED) is 0.582. The van der Waals surface area contributed by atoms with Crippen molar-refractivity contribution in [2.24, 2.45) is 0 Å². The minimum absolute atomic E-state index is 0.00611. The number of ether oxygens (including phenoxy) is 2. The number of carbonyl (C=O) groups is 1. The molecule has 0 bridgehead atoms. The van der Waals surface area contributed by atoms with Gasteiger partial charge in [0.25, 0.3) is 5.56 Å². The Balaban J connectivity index is 1.87. The van der Waals surface area contributed by atoms with Gasteiger partial charge in [-0.1, -0.05) is 23.7 Å². The molecule has 6 nitrogen and oxygen atoms in total. The number of esters is 1. The lowest BCUT2D eigenvalue weighted by molar-refractivity contribution is -0.137. The lowest BCUT2D eigenvalue weighted by Gasteiger charge is -2.29. The molecule has 162 valence electrons. The highest BCUT2D eigenvalue weighted by Gasteiger charge is 2.33. The molecule has 2 aromatic carbocycles. The summed E-state index contributed by atoms with van der Waals surface area (Å²) in [6, 6.07) is 7.18. The minimum Gasteiger partial charge on any atom is -0.506 e. The van der Waals surface area contributed by atoms with Crippen molar-refractivity contribution in [2.45, 2.75) is 25.7 Å². The van der Waals surface area contributed by atoms with Gasteiger partial charge in [-0.25, -0.2) is 4.79 Å². The van der Waals surface area contributed by atoms with E-state index >= 15 is 0 Å². The molecule has 1 unspecified atom stereocenters. The first-order chi connectivity index (χ1) is 14.6. The number of carbonyl (C=O) groups excluding carboxylic acids is 1. The molecular formula is C21H15ClF3NO5. The summed E-state index contributed by atoms with van der Waals surface area (Å²) in [6.07, 6.45) is -5.31. The predicted octanol–water partition coefficient (Wildman–Crippen LogP) is 4.69. The van der Waals surface area contributed by atoms with Crippen LogP contribution in [0.3, 0.4) is 0 Å². The number of hydrogen-bond donors (Lipinski definition) is 1. The molecule has 1 atom stereocenters. The second kappa shape index (κ2) is 7.49. The number of hydrogen-bond acceptors (Lipinski definition) is 5. The van der Waals surface area contributed by atoms with Crippen LogP contribution in [-0.4, -0.2) is 22.2 Å². The highest BCUT2D eigenvalue weighted by molar-refractivity contribution is 6.31. The summed E-state index contributed by atoms with van der Waals surface area (Å²) >= 11 is 6.13. The molecule has 0 amide bonds. The third-order valence-corrected chi connectivity index (χ3v) is 5.19. The Morgan fingerprint density at radius 3 is 2.58 bits per heavy atom. The maximum absolute atomic E-state index is 13.0. The van der Waals surface area contributed by atoms with Gasteiger partial charge in [0.15, 0.2) is 5.56 Å². The zero-order chi connectivity index (χ0) is 22.5. The van der Waals surface area contributed by atoms with Gasteiger partial charge in [0.05, 0.1) is 24.2 Å². The van der Waals surface area contributed by atoms with E-state index < -0.39 is 40.7 Å². The van der Waals surface area contributed by atoms with E-state index in [0.29, 0.717) is 5.56 Å². The highest BCUT2D eigenvalue weighted by Crippen LogP contribution is 2.41. The summed E-state index contributed by atoms with van der Waals surface area (Å²) in [5.41, 5.74) is -1.54. The summed E-state index contributed by atoms with van der Waals surface area (Å²) < 4.78 is 50.6. The van der Waals surface area contributed by atoms with Crippen molar-refractivity contribution >= 4 is 28.5 Å². The second-order valence-electron chi connectivity index (χ2n) is 6.89. The summed E-state index contributed by atoms with van der Waals surface area (Å²) in [5.74, 6) is -1.41. The van der Waals surface area contributed by atoms with Gasteiger partial charge in [-0.2, -0.15) is 13.2 Å². The molecule has 31 heavy (non-hydrogen) atoms. The monoisotopic (exact) mass is 453 g/mol. The smallest absolute Gasteiger partial charge is 0.416 e. The molecule has 3 aromatic rings. The summed E-state index contributed by atoms with van der Waals surface area (Å²) in [6.45, 7) is 1.46. The van der Waals surface area contributed by atoms with Crippen LogP contribution < -0.4 is 10.3 Å². The molecule has 4 rings (SSSR count). The average Bonchev–Trinajstić information content (AvgIpc) is 2.71. The third kappa shape index (κ3) is 3.59. The van der Waals surface area contributed by atoms with Crippen LogP contribution >= 0.6 is 11.6 Å². The van der Waals surface area contributed by atoms with Crippen molar-refractivity contribution in [3.63, 3.8) is 0 Å². The predicted molar refractivity (Wildman–Crippen MR) is 106 cm³/mol. The fourth-order valence-electron chi connectivity index (χ4n) is 3.57. The summed E-state index contributed by atoms with van der Waals surface area (Å²) in [4.78, 5) is 25.4. The fraction of sp³-hybridized carbons (Fsp3) is 0.238. The minimum atomic E-state index is -4.49.